The summed E-state index contributed by atoms with van der Waals surface area (Å²) in [5.41, 5.74) is 3.17. The van der Waals surface area contributed by atoms with E-state index in [4.69, 9.17) is 4.74 Å². The van der Waals surface area contributed by atoms with Gasteiger partial charge in [-0.05, 0) is 42.2 Å². The number of urea groups is 1. The smallest absolute Gasteiger partial charge is 0.324 e. The fourth-order valence-corrected chi connectivity index (χ4v) is 3.89. The monoisotopic (exact) mass is 434 g/mol. The molecule has 0 unspecified atom stereocenters. The molecule has 8 heteroatoms. The van der Waals surface area contributed by atoms with Gasteiger partial charge in [-0.1, -0.05) is 30.3 Å². The number of methoxy groups -OCH3 is 1. The third-order valence-corrected chi connectivity index (χ3v) is 5.67. The second kappa shape index (κ2) is 9.55. The van der Waals surface area contributed by atoms with Gasteiger partial charge in [-0.2, -0.15) is 0 Å². The van der Waals surface area contributed by atoms with Crippen LogP contribution in [0, 0.1) is 0 Å². The third kappa shape index (κ3) is 4.74. The van der Waals surface area contributed by atoms with Crippen molar-refractivity contribution in [3.63, 3.8) is 0 Å². The maximum atomic E-state index is 12.6. The number of ether oxygens (including phenoxy) is 1. The van der Waals surface area contributed by atoms with Crippen molar-refractivity contribution in [1.29, 1.82) is 0 Å². The van der Waals surface area contributed by atoms with Crippen LogP contribution in [0.15, 0.2) is 54.7 Å². The number of imide groups is 1. The highest BCUT2D eigenvalue weighted by Crippen LogP contribution is 2.18. The molecule has 8 nitrogen and oxygen atoms in total. The van der Waals surface area contributed by atoms with Crippen molar-refractivity contribution in [2.75, 3.05) is 20.2 Å². The van der Waals surface area contributed by atoms with Crippen LogP contribution in [-0.2, 0) is 22.4 Å². The van der Waals surface area contributed by atoms with Crippen LogP contribution in [0.3, 0.4) is 0 Å². The van der Waals surface area contributed by atoms with E-state index in [1.807, 2.05) is 54.7 Å². The minimum absolute atomic E-state index is 0.0719. The Labute approximate surface area is 185 Å². The lowest BCUT2D eigenvalue weighted by Crippen LogP contribution is -2.37. The average Bonchev–Trinajstić information content (AvgIpc) is 3.33. The molecule has 2 aromatic carbocycles. The Balaban J connectivity index is 1.24. The standard InChI is InChI=1S/C24H26N4O4/c1-32-18-8-6-16(7-9-18)11-13-28-23(30)21(27-24(28)31)14-22(29)25-12-10-17-15-26-20-5-3-2-4-19(17)20/h2-9,15,21,26H,10-14H2,1H3,(H,25,29)(H,27,31)/t21-/m0/s1. The summed E-state index contributed by atoms with van der Waals surface area (Å²) in [7, 11) is 1.60. The van der Waals surface area contributed by atoms with Crippen LogP contribution in [0.1, 0.15) is 17.5 Å². The number of aromatic nitrogens is 1. The number of amides is 4. The van der Waals surface area contributed by atoms with Gasteiger partial charge in [-0.15, -0.1) is 0 Å². The van der Waals surface area contributed by atoms with Crippen LogP contribution >= 0.6 is 0 Å². The zero-order valence-electron chi connectivity index (χ0n) is 17.9. The van der Waals surface area contributed by atoms with Crippen LogP contribution < -0.4 is 15.4 Å². The molecule has 0 saturated carbocycles. The number of hydrogen-bond acceptors (Lipinski definition) is 4. The second-order valence-corrected chi connectivity index (χ2v) is 7.75. The van der Waals surface area contributed by atoms with E-state index in [1.54, 1.807) is 7.11 Å². The van der Waals surface area contributed by atoms with Crippen molar-refractivity contribution in [2.24, 2.45) is 0 Å². The van der Waals surface area contributed by atoms with E-state index in [0.29, 0.717) is 19.4 Å². The first-order valence-corrected chi connectivity index (χ1v) is 10.6. The van der Waals surface area contributed by atoms with Gasteiger partial charge in [-0.3, -0.25) is 14.5 Å². The van der Waals surface area contributed by atoms with E-state index in [0.717, 1.165) is 27.8 Å². The molecule has 32 heavy (non-hydrogen) atoms. The van der Waals surface area contributed by atoms with Crippen LogP contribution in [-0.4, -0.2) is 54.0 Å². The minimum Gasteiger partial charge on any atom is -0.497 e. The molecule has 0 aliphatic carbocycles. The zero-order chi connectivity index (χ0) is 22.5. The topological polar surface area (TPSA) is 104 Å². The van der Waals surface area contributed by atoms with Gasteiger partial charge in [0, 0.05) is 30.2 Å². The number of benzene rings is 2. The Morgan fingerprint density at radius 1 is 1.09 bits per heavy atom. The molecule has 1 atom stereocenters. The molecule has 1 aromatic heterocycles. The van der Waals surface area contributed by atoms with Gasteiger partial charge in [0.15, 0.2) is 0 Å². The molecule has 166 valence electrons. The molecule has 4 rings (SSSR count). The first-order chi connectivity index (χ1) is 15.5. The number of aromatic amines is 1. The number of carbonyl (C=O) groups excluding carboxylic acids is 3. The van der Waals surface area contributed by atoms with E-state index in [-0.39, 0.29) is 24.8 Å². The van der Waals surface area contributed by atoms with Crippen LogP contribution in [0.4, 0.5) is 4.79 Å². The summed E-state index contributed by atoms with van der Waals surface area (Å²) in [6, 6.07) is 14.2. The summed E-state index contributed by atoms with van der Waals surface area (Å²) < 4.78 is 5.13. The van der Waals surface area contributed by atoms with E-state index in [9.17, 15) is 14.4 Å². The molecule has 3 aromatic rings. The quantitative estimate of drug-likeness (QED) is 0.450. The van der Waals surface area contributed by atoms with Crippen LogP contribution in [0.5, 0.6) is 5.75 Å². The largest absolute Gasteiger partial charge is 0.497 e. The molecule has 0 bridgehead atoms. The van der Waals surface area contributed by atoms with Gasteiger partial charge in [0.2, 0.25) is 5.91 Å². The fourth-order valence-electron chi connectivity index (χ4n) is 3.89. The maximum absolute atomic E-state index is 12.6. The van der Waals surface area contributed by atoms with Crippen molar-refractivity contribution >= 4 is 28.7 Å². The van der Waals surface area contributed by atoms with Gasteiger partial charge >= 0.3 is 6.03 Å². The van der Waals surface area contributed by atoms with E-state index in [1.165, 1.54) is 4.90 Å². The first kappa shape index (κ1) is 21.4. The lowest BCUT2D eigenvalue weighted by Gasteiger charge is -2.13. The lowest BCUT2D eigenvalue weighted by atomic mass is 10.1. The number of H-pyrrole nitrogens is 1. The van der Waals surface area contributed by atoms with Crippen molar-refractivity contribution in [3.05, 3.63) is 65.9 Å². The van der Waals surface area contributed by atoms with E-state index >= 15 is 0 Å². The Kier molecular flexibility index (Phi) is 6.39. The SMILES string of the molecule is COc1ccc(CCN2C(=O)N[C@@H](CC(=O)NCCc3c[nH]c4ccccc34)C2=O)cc1. The summed E-state index contributed by atoms with van der Waals surface area (Å²) in [5.74, 6) is 0.121. The summed E-state index contributed by atoms with van der Waals surface area (Å²) >= 11 is 0. The molecule has 1 fully saturated rings. The van der Waals surface area contributed by atoms with Crippen molar-refractivity contribution in [1.82, 2.24) is 20.5 Å². The van der Waals surface area contributed by atoms with Crippen LogP contribution in [0.25, 0.3) is 10.9 Å². The summed E-state index contributed by atoms with van der Waals surface area (Å²) in [4.78, 5) is 41.6. The lowest BCUT2D eigenvalue weighted by molar-refractivity contribution is -0.130. The number of para-hydroxylation sites is 1. The molecule has 2 heterocycles. The summed E-state index contributed by atoms with van der Waals surface area (Å²) in [5, 5.41) is 6.60. The van der Waals surface area contributed by atoms with Crippen LogP contribution in [0.2, 0.25) is 0 Å². The fraction of sp³-hybridized carbons (Fsp3) is 0.292. The van der Waals surface area contributed by atoms with Gasteiger partial charge in [0.1, 0.15) is 11.8 Å². The maximum Gasteiger partial charge on any atom is 0.324 e. The van der Waals surface area contributed by atoms with Gasteiger partial charge in [-0.25, -0.2) is 4.79 Å². The highest BCUT2D eigenvalue weighted by Gasteiger charge is 2.38. The Morgan fingerprint density at radius 3 is 2.66 bits per heavy atom. The second-order valence-electron chi connectivity index (χ2n) is 7.75. The predicted molar refractivity (Wildman–Crippen MR) is 120 cm³/mol. The molecule has 0 spiro atoms. The van der Waals surface area contributed by atoms with E-state index < -0.39 is 12.1 Å². The molecule has 1 aliphatic heterocycles. The molecular weight excluding hydrogens is 408 g/mol. The van der Waals surface area contributed by atoms with Gasteiger partial charge in [0.25, 0.3) is 5.91 Å². The molecular formula is C24H26N4O4. The molecule has 1 saturated heterocycles. The molecule has 4 amide bonds. The number of fused-ring (bicyclic) bond motifs is 1. The Morgan fingerprint density at radius 2 is 1.88 bits per heavy atom. The number of rotatable bonds is 9. The normalized spacial score (nSPS) is 15.8. The third-order valence-electron chi connectivity index (χ3n) is 5.67. The molecule has 3 N–H and O–H groups in total. The highest BCUT2D eigenvalue weighted by molar-refractivity contribution is 6.05. The first-order valence-electron chi connectivity index (χ1n) is 10.6. The summed E-state index contributed by atoms with van der Waals surface area (Å²) in [6.07, 6.45) is 3.08. The number of nitrogens with one attached hydrogen (secondary N) is 3. The zero-order valence-corrected chi connectivity index (χ0v) is 17.9. The van der Waals surface area contributed by atoms with E-state index in [2.05, 4.69) is 15.6 Å². The number of hydrogen-bond donors (Lipinski definition) is 3. The summed E-state index contributed by atoms with van der Waals surface area (Å²) in [6.45, 7) is 0.715. The van der Waals surface area contributed by atoms with Crippen molar-refractivity contribution in [3.8, 4) is 5.75 Å². The van der Waals surface area contributed by atoms with Crippen molar-refractivity contribution in [2.45, 2.75) is 25.3 Å². The number of nitrogens with zero attached hydrogens (tertiary/aromatic N) is 1. The van der Waals surface area contributed by atoms with Crippen molar-refractivity contribution < 1.29 is 19.1 Å². The predicted octanol–water partition coefficient (Wildman–Crippen LogP) is 2.39. The molecule has 1 aliphatic rings. The Bertz CT molecular complexity index is 1120. The average molecular weight is 434 g/mol. The van der Waals surface area contributed by atoms with Gasteiger partial charge < -0.3 is 20.4 Å². The number of carbonyl (C=O) groups is 3. The van der Waals surface area contributed by atoms with Gasteiger partial charge in [0.05, 0.1) is 13.5 Å². The molecule has 0 radical (unpaired) electrons. The highest BCUT2D eigenvalue weighted by atomic mass is 16.5. The minimum atomic E-state index is -0.827. The Hall–Kier alpha value is -3.81.